The third-order valence-electron chi connectivity index (χ3n) is 4.36. The second kappa shape index (κ2) is 5.22. The molecule has 3 rings (SSSR count). The summed E-state index contributed by atoms with van der Waals surface area (Å²) in [5, 5.41) is 12.2. The molecule has 1 fully saturated rings. The zero-order valence-corrected chi connectivity index (χ0v) is 11.4. The predicted molar refractivity (Wildman–Crippen MR) is 80.6 cm³/mol. The summed E-state index contributed by atoms with van der Waals surface area (Å²) in [6, 6.07) is 15.6. The standard InChI is InChI=1S/C17H21NO/c1-18(14-9-11-15(19)12-10-14)17-8-4-6-13-5-2-3-7-16(13)17/h2-8,14-15,19H,9-12H2,1H3. The second-order valence-electron chi connectivity index (χ2n) is 5.57. The summed E-state index contributed by atoms with van der Waals surface area (Å²) in [4.78, 5) is 2.40. The molecule has 1 aliphatic carbocycles. The fraction of sp³-hybridized carbons (Fsp3) is 0.412. The molecule has 2 heteroatoms. The highest BCUT2D eigenvalue weighted by molar-refractivity contribution is 5.94. The predicted octanol–water partition coefficient (Wildman–Crippen LogP) is 3.58. The summed E-state index contributed by atoms with van der Waals surface area (Å²) in [7, 11) is 2.18. The summed E-state index contributed by atoms with van der Waals surface area (Å²) >= 11 is 0. The Morgan fingerprint density at radius 3 is 2.42 bits per heavy atom. The van der Waals surface area contributed by atoms with Gasteiger partial charge in [-0.2, -0.15) is 0 Å². The van der Waals surface area contributed by atoms with Gasteiger partial charge in [0.05, 0.1) is 6.10 Å². The summed E-state index contributed by atoms with van der Waals surface area (Å²) < 4.78 is 0. The van der Waals surface area contributed by atoms with E-state index in [1.807, 2.05) is 0 Å². The summed E-state index contributed by atoms with van der Waals surface area (Å²) in [6.07, 6.45) is 3.94. The first kappa shape index (κ1) is 12.5. The molecular formula is C17H21NO. The van der Waals surface area contributed by atoms with E-state index in [-0.39, 0.29) is 6.10 Å². The van der Waals surface area contributed by atoms with Gasteiger partial charge in [-0.15, -0.1) is 0 Å². The van der Waals surface area contributed by atoms with Gasteiger partial charge in [0.25, 0.3) is 0 Å². The van der Waals surface area contributed by atoms with Crippen LogP contribution in [0.15, 0.2) is 42.5 Å². The Hall–Kier alpha value is -1.54. The number of aliphatic hydroxyl groups is 1. The average Bonchev–Trinajstić information content (AvgIpc) is 2.47. The number of nitrogens with zero attached hydrogens (tertiary/aromatic N) is 1. The zero-order chi connectivity index (χ0) is 13.2. The molecule has 1 saturated carbocycles. The molecule has 0 unspecified atom stereocenters. The number of benzene rings is 2. The van der Waals surface area contributed by atoms with Crippen molar-refractivity contribution >= 4 is 16.5 Å². The molecule has 2 aromatic carbocycles. The minimum Gasteiger partial charge on any atom is -0.393 e. The number of hydrogen-bond acceptors (Lipinski definition) is 2. The van der Waals surface area contributed by atoms with Crippen LogP contribution in [0.5, 0.6) is 0 Å². The van der Waals surface area contributed by atoms with Crippen LogP contribution >= 0.6 is 0 Å². The third kappa shape index (κ3) is 2.45. The fourth-order valence-corrected chi connectivity index (χ4v) is 3.16. The highest BCUT2D eigenvalue weighted by Crippen LogP contribution is 2.31. The van der Waals surface area contributed by atoms with E-state index in [0.29, 0.717) is 6.04 Å². The molecule has 0 saturated heterocycles. The van der Waals surface area contributed by atoms with Crippen molar-refractivity contribution in [3.63, 3.8) is 0 Å². The lowest BCUT2D eigenvalue weighted by Gasteiger charge is -2.35. The lowest BCUT2D eigenvalue weighted by molar-refractivity contribution is 0.122. The molecule has 100 valence electrons. The van der Waals surface area contributed by atoms with Gasteiger partial charge in [-0.1, -0.05) is 36.4 Å². The Morgan fingerprint density at radius 2 is 1.63 bits per heavy atom. The number of rotatable bonds is 2. The summed E-state index contributed by atoms with van der Waals surface area (Å²) in [6.45, 7) is 0. The number of anilines is 1. The van der Waals surface area contributed by atoms with Crippen molar-refractivity contribution in [3.05, 3.63) is 42.5 Å². The van der Waals surface area contributed by atoms with E-state index < -0.39 is 0 Å². The van der Waals surface area contributed by atoms with Gasteiger partial charge in [-0.3, -0.25) is 0 Å². The molecule has 0 amide bonds. The van der Waals surface area contributed by atoms with E-state index >= 15 is 0 Å². The van der Waals surface area contributed by atoms with Gasteiger partial charge >= 0.3 is 0 Å². The van der Waals surface area contributed by atoms with Crippen molar-refractivity contribution in [2.45, 2.75) is 37.8 Å². The fourth-order valence-electron chi connectivity index (χ4n) is 3.16. The van der Waals surface area contributed by atoms with Gasteiger partial charge in [0, 0.05) is 24.2 Å². The second-order valence-corrected chi connectivity index (χ2v) is 5.57. The highest BCUT2D eigenvalue weighted by atomic mass is 16.3. The monoisotopic (exact) mass is 255 g/mol. The van der Waals surface area contributed by atoms with Gasteiger partial charge in [0.15, 0.2) is 0 Å². The van der Waals surface area contributed by atoms with Gasteiger partial charge in [0.2, 0.25) is 0 Å². The van der Waals surface area contributed by atoms with Crippen LogP contribution in [0.25, 0.3) is 10.8 Å². The largest absolute Gasteiger partial charge is 0.393 e. The van der Waals surface area contributed by atoms with E-state index in [2.05, 4.69) is 54.4 Å². The first-order valence-electron chi connectivity index (χ1n) is 7.14. The average molecular weight is 255 g/mol. The summed E-state index contributed by atoms with van der Waals surface area (Å²) in [5.41, 5.74) is 1.31. The molecule has 2 aromatic rings. The molecule has 0 aliphatic heterocycles. The van der Waals surface area contributed by atoms with E-state index in [1.54, 1.807) is 0 Å². The number of fused-ring (bicyclic) bond motifs is 1. The SMILES string of the molecule is CN(c1cccc2ccccc12)C1CCC(O)CC1. The lowest BCUT2D eigenvalue weighted by Crippen LogP contribution is -2.36. The van der Waals surface area contributed by atoms with Crippen LogP contribution in [0, 0.1) is 0 Å². The maximum absolute atomic E-state index is 9.63. The van der Waals surface area contributed by atoms with Crippen LogP contribution in [0.3, 0.4) is 0 Å². The zero-order valence-electron chi connectivity index (χ0n) is 11.4. The van der Waals surface area contributed by atoms with Crippen LogP contribution in [-0.4, -0.2) is 24.3 Å². The van der Waals surface area contributed by atoms with Gasteiger partial charge < -0.3 is 10.0 Å². The molecule has 0 aromatic heterocycles. The smallest absolute Gasteiger partial charge is 0.0541 e. The van der Waals surface area contributed by atoms with Crippen molar-refractivity contribution in [2.24, 2.45) is 0 Å². The normalized spacial score (nSPS) is 23.5. The lowest BCUT2D eigenvalue weighted by atomic mass is 9.91. The van der Waals surface area contributed by atoms with Crippen LogP contribution < -0.4 is 4.90 Å². The first-order chi connectivity index (χ1) is 9.25. The molecule has 2 nitrogen and oxygen atoms in total. The van der Waals surface area contributed by atoms with E-state index in [1.165, 1.54) is 16.5 Å². The van der Waals surface area contributed by atoms with E-state index in [0.717, 1.165) is 25.7 Å². The topological polar surface area (TPSA) is 23.5 Å². The molecule has 0 heterocycles. The van der Waals surface area contributed by atoms with Crippen molar-refractivity contribution in [3.8, 4) is 0 Å². The van der Waals surface area contributed by atoms with Gasteiger partial charge in [0.1, 0.15) is 0 Å². The molecule has 0 spiro atoms. The quantitative estimate of drug-likeness (QED) is 0.886. The van der Waals surface area contributed by atoms with Crippen LogP contribution in [-0.2, 0) is 0 Å². The minimum absolute atomic E-state index is 0.0860. The van der Waals surface area contributed by atoms with Crippen molar-refractivity contribution in [1.82, 2.24) is 0 Å². The van der Waals surface area contributed by atoms with Gasteiger partial charge in [-0.25, -0.2) is 0 Å². The molecule has 0 radical (unpaired) electrons. The van der Waals surface area contributed by atoms with Crippen LogP contribution in [0.1, 0.15) is 25.7 Å². The van der Waals surface area contributed by atoms with Gasteiger partial charge in [-0.05, 0) is 37.1 Å². The van der Waals surface area contributed by atoms with E-state index in [9.17, 15) is 5.11 Å². The Labute approximate surface area is 114 Å². The third-order valence-corrected chi connectivity index (χ3v) is 4.36. The molecular weight excluding hydrogens is 234 g/mol. The van der Waals surface area contributed by atoms with Crippen molar-refractivity contribution < 1.29 is 5.11 Å². The van der Waals surface area contributed by atoms with Crippen LogP contribution in [0.2, 0.25) is 0 Å². The first-order valence-corrected chi connectivity index (χ1v) is 7.14. The summed E-state index contributed by atoms with van der Waals surface area (Å²) in [5.74, 6) is 0. The van der Waals surface area contributed by atoms with E-state index in [4.69, 9.17) is 0 Å². The Balaban J connectivity index is 1.91. The molecule has 0 bridgehead atoms. The maximum Gasteiger partial charge on any atom is 0.0541 e. The Morgan fingerprint density at radius 1 is 0.947 bits per heavy atom. The minimum atomic E-state index is -0.0860. The highest BCUT2D eigenvalue weighted by Gasteiger charge is 2.23. The number of hydrogen-bond donors (Lipinski definition) is 1. The molecule has 19 heavy (non-hydrogen) atoms. The molecule has 1 aliphatic rings. The maximum atomic E-state index is 9.63. The molecule has 0 atom stereocenters. The Kier molecular flexibility index (Phi) is 3.43. The Bertz CT molecular complexity index is 553. The number of aliphatic hydroxyl groups excluding tert-OH is 1. The molecule has 1 N–H and O–H groups in total. The van der Waals surface area contributed by atoms with Crippen molar-refractivity contribution in [2.75, 3.05) is 11.9 Å². The van der Waals surface area contributed by atoms with Crippen molar-refractivity contribution in [1.29, 1.82) is 0 Å². The van der Waals surface area contributed by atoms with Crippen LogP contribution in [0.4, 0.5) is 5.69 Å².